The molecule has 1 saturated heterocycles. The van der Waals surface area contributed by atoms with Crippen LogP contribution in [0.4, 0.5) is 0 Å². The molecule has 1 fully saturated rings. The molecule has 6 nitrogen and oxygen atoms in total. The fourth-order valence-corrected chi connectivity index (χ4v) is 4.22. The molecule has 0 radical (unpaired) electrons. The van der Waals surface area contributed by atoms with Crippen molar-refractivity contribution in [3.05, 3.63) is 10.8 Å². The SMILES string of the molecule is Cc1nn(C)c(Cl)c1S(=O)(=O)N1CCC(N)C1.Cl. The van der Waals surface area contributed by atoms with Crippen molar-refractivity contribution in [1.82, 2.24) is 14.1 Å². The molecule has 1 aliphatic rings. The summed E-state index contributed by atoms with van der Waals surface area (Å²) in [6, 6.07) is -0.0967. The second kappa shape index (κ2) is 5.34. The topological polar surface area (TPSA) is 81.2 Å². The van der Waals surface area contributed by atoms with Crippen LogP contribution < -0.4 is 5.73 Å². The van der Waals surface area contributed by atoms with Gasteiger partial charge in [0, 0.05) is 26.2 Å². The highest BCUT2D eigenvalue weighted by Crippen LogP contribution is 2.28. The third kappa shape index (κ3) is 2.50. The molecule has 0 aliphatic carbocycles. The predicted octanol–water partition coefficient (Wildman–Crippen LogP) is 0.525. The molecular weight excluding hydrogens is 299 g/mol. The van der Waals surface area contributed by atoms with Crippen molar-refractivity contribution in [3.63, 3.8) is 0 Å². The summed E-state index contributed by atoms with van der Waals surface area (Å²) in [5, 5.41) is 4.16. The zero-order valence-electron chi connectivity index (χ0n) is 10.1. The number of aryl methyl sites for hydroxylation is 2. The maximum atomic E-state index is 12.4. The molecule has 0 amide bonds. The van der Waals surface area contributed by atoms with Crippen molar-refractivity contribution >= 4 is 34.0 Å². The molecule has 0 spiro atoms. The van der Waals surface area contributed by atoms with Gasteiger partial charge in [-0.3, -0.25) is 4.68 Å². The summed E-state index contributed by atoms with van der Waals surface area (Å²) in [5.41, 5.74) is 6.14. The summed E-state index contributed by atoms with van der Waals surface area (Å²) in [4.78, 5) is 0.0933. The third-order valence-electron chi connectivity index (χ3n) is 2.89. The molecule has 2 N–H and O–H groups in total. The highest BCUT2D eigenvalue weighted by molar-refractivity contribution is 7.89. The van der Waals surface area contributed by atoms with Crippen LogP contribution in [0.1, 0.15) is 12.1 Å². The van der Waals surface area contributed by atoms with Gasteiger partial charge in [0.1, 0.15) is 10.0 Å². The van der Waals surface area contributed by atoms with Crippen molar-refractivity contribution in [3.8, 4) is 0 Å². The van der Waals surface area contributed by atoms with E-state index in [1.54, 1.807) is 14.0 Å². The normalized spacial score (nSPS) is 21.0. The Kier molecular flexibility index (Phi) is 4.66. The molecule has 2 heterocycles. The van der Waals surface area contributed by atoms with E-state index in [4.69, 9.17) is 17.3 Å². The zero-order chi connectivity index (χ0) is 12.8. The summed E-state index contributed by atoms with van der Waals surface area (Å²) < 4.78 is 27.5. The standard InChI is InChI=1S/C9H15ClN4O2S.ClH/c1-6-8(9(10)13(2)12-6)17(15,16)14-4-3-7(11)5-14;/h7H,3-5,11H2,1-2H3;1H. The van der Waals surface area contributed by atoms with E-state index in [2.05, 4.69) is 5.10 Å². The Morgan fingerprint density at radius 2 is 2.11 bits per heavy atom. The highest BCUT2D eigenvalue weighted by atomic mass is 35.5. The van der Waals surface area contributed by atoms with Crippen LogP contribution in [-0.2, 0) is 17.1 Å². The lowest BCUT2D eigenvalue weighted by atomic mass is 10.3. The molecule has 1 aromatic heterocycles. The Balaban J connectivity index is 0.00000162. The minimum atomic E-state index is -3.57. The highest BCUT2D eigenvalue weighted by Gasteiger charge is 2.35. The Labute approximate surface area is 118 Å². The minimum Gasteiger partial charge on any atom is -0.326 e. The van der Waals surface area contributed by atoms with E-state index in [9.17, 15) is 8.42 Å². The van der Waals surface area contributed by atoms with E-state index in [0.29, 0.717) is 25.2 Å². The number of sulfonamides is 1. The van der Waals surface area contributed by atoms with Crippen LogP contribution in [0.15, 0.2) is 4.90 Å². The maximum Gasteiger partial charge on any atom is 0.248 e. The number of nitrogens with two attached hydrogens (primary N) is 1. The molecule has 0 aromatic carbocycles. The van der Waals surface area contributed by atoms with Crippen LogP contribution >= 0.6 is 24.0 Å². The van der Waals surface area contributed by atoms with E-state index >= 15 is 0 Å². The first-order valence-electron chi connectivity index (χ1n) is 5.29. The van der Waals surface area contributed by atoms with Gasteiger partial charge in [-0.2, -0.15) is 9.40 Å². The number of rotatable bonds is 2. The maximum absolute atomic E-state index is 12.4. The molecule has 9 heteroatoms. The first-order chi connectivity index (χ1) is 7.84. The Hall–Kier alpha value is -0.340. The largest absolute Gasteiger partial charge is 0.326 e. The summed E-state index contributed by atoms with van der Waals surface area (Å²) in [6.45, 7) is 2.41. The van der Waals surface area contributed by atoms with Crippen molar-refractivity contribution in [1.29, 1.82) is 0 Å². The molecule has 2 rings (SSSR count). The Morgan fingerprint density at radius 3 is 2.50 bits per heavy atom. The van der Waals surface area contributed by atoms with E-state index in [-0.39, 0.29) is 28.5 Å². The van der Waals surface area contributed by atoms with Crippen LogP contribution in [0.5, 0.6) is 0 Å². The van der Waals surface area contributed by atoms with Gasteiger partial charge < -0.3 is 5.73 Å². The molecule has 1 aromatic rings. The lowest BCUT2D eigenvalue weighted by Crippen LogP contribution is -2.32. The summed E-state index contributed by atoms with van der Waals surface area (Å²) >= 11 is 5.98. The smallest absolute Gasteiger partial charge is 0.248 e. The van der Waals surface area contributed by atoms with Crippen LogP contribution in [-0.4, -0.2) is 41.6 Å². The number of aromatic nitrogens is 2. The van der Waals surface area contributed by atoms with Gasteiger partial charge in [-0.05, 0) is 13.3 Å². The number of hydrogen-bond acceptors (Lipinski definition) is 4. The van der Waals surface area contributed by atoms with E-state index in [1.165, 1.54) is 8.99 Å². The van der Waals surface area contributed by atoms with Gasteiger partial charge in [-0.1, -0.05) is 11.6 Å². The van der Waals surface area contributed by atoms with Crippen molar-refractivity contribution < 1.29 is 8.42 Å². The van der Waals surface area contributed by atoms with Gasteiger partial charge >= 0.3 is 0 Å². The van der Waals surface area contributed by atoms with Crippen LogP contribution in [0.3, 0.4) is 0 Å². The van der Waals surface area contributed by atoms with Crippen molar-refractivity contribution in [2.45, 2.75) is 24.3 Å². The summed E-state index contributed by atoms with van der Waals surface area (Å²) in [6.07, 6.45) is 0.677. The Morgan fingerprint density at radius 1 is 1.50 bits per heavy atom. The molecule has 0 saturated carbocycles. The lowest BCUT2D eigenvalue weighted by molar-refractivity contribution is 0.472. The second-order valence-electron chi connectivity index (χ2n) is 4.24. The number of nitrogens with zero attached hydrogens (tertiary/aromatic N) is 3. The monoisotopic (exact) mass is 314 g/mol. The molecule has 0 bridgehead atoms. The van der Waals surface area contributed by atoms with Gasteiger partial charge in [-0.25, -0.2) is 8.42 Å². The first kappa shape index (κ1) is 15.7. The minimum absolute atomic E-state index is 0. The second-order valence-corrected chi connectivity index (χ2v) is 6.47. The summed E-state index contributed by atoms with van der Waals surface area (Å²) in [7, 11) is -1.96. The van der Waals surface area contributed by atoms with Crippen LogP contribution in [0.25, 0.3) is 0 Å². The molecule has 1 atom stereocenters. The fourth-order valence-electron chi connectivity index (χ4n) is 2.00. The number of hydrogen-bond donors (Lipinski definition) is 1. The first-order valence-corrected chi connectivity index (χ1v) is 7.10. The van der Waals surface area contributed by atoms with Crippen LogP contribution in [0.2, 0.25) is 5.15 Å². The number of halogens is 2. The molecular formula is C9H16Cl2N4O2S. The van der Waals surface area contributed by atoms with Crippen LogP contribution in [0, 0.1) is 6.92 Å². The molecule has 18 heavy (non-hydrogen) atoms. The average molecular weight is 315 g/mol. The Bertz CT molecular complexity index is 543. The van der Waals surface area contributed by atoms with Gasteiger partial charge in [0.15, 0.2) is 0 Å². The fraction of sp³-hybridized carbons (Fsp3) is 0.667. The van der Waals surface area contributed by atoms with E-state index < -0.39 is 10.0 Å². The van der Waals surface area contributed by atoms with Crippen molar-refractivity contribution in [2.24, 2.45) is 12.8 Å². The third-order valence-corrected chi connectivity index (χ3v) is 5.45. The zero-order valence-corrected chi connectivity index (χ0v) is 12.5. The molecule has 104 valence electrons. The molecule has 1 unspecified atom stereocenters. The van der Waals surface area contributed by atoms with E-state index in [0.717, 1.165) is 0 Å². The van der Waals surface area contributed by atoms with Gasteiger partial charge in [0.05, 0.1) is 5.69 Å². The van der Waals surface area contributed by atoms with Gasteiger partial charge in [0.2, 0.25) is 10.0 Å². The van der Waals surface area contributed by atoms with Gasteiger partial charge in [0.25, 0.3) is 0 Å². The van der Waals surface area contributed by atoms with Crippen molar-refractivity contribution in [2.75, 3.05) is 13.1 Å². The van der Waals surface area contributed by atoms with Gasteiger partial charge in [-0.15, -0.1) is 12.4 Å². The van der Waals surface area contributed by atoms with E-state index in [1.807, 2.05) is 0 Å². The predicted molar refractivity (Wildman–Crippen MR) is 71.6 cm³/mol. The summed E-state index contributed by atoms with van der Waals surface area (Å²) in [5.74, 6) is 0. The molecule has 1 aliphatic heterocycles. The average Bonchev–Trinajstić information content (AvgIpc) is 2.73. The lowest BCUT2D eigenvalue weighted by Gasteiger charge is -2.15. The quantitative estimate of drug-likeness (QED) is 0.863.